The molecule has 2 nitrogen and oxygen atoms in total. The average molecular weight is 357 g/mol. The van der Waals surface area contributed by atoms with Crippen molar-refractivity contribution in [2.45, 2.75) is 26.2 Å². The van der Waals surface area contributed by atoms with Gasteiger partial charge in [-0.05, 0) is 23.1 Å². The van der Waals surface area contributed by atoms with Crippen molar-refractivity contribution < 1.29 is 4.39 Å². The average Bonchev–Trinajstić information content (AvgIpc) is 2.61. The van der Waals surface area contributed by atoms with Crippen LogP contribution in [0.5, 0.6) is 0 Å². The van der Waals surface area contributed by atoms with Gasteiger partial charge >= 0.3 is 0 Å². The summed E-state index contributed by atoms with van der Waals surface area (Å²) in [5.41, 5.74) is 3.22. The molecule has 25 heavy (non-hydrogen) atoms. The Morgan fingerprint density at radius 2 is 1.52 bits per heavy atom. The van der Waals surface area contributed by atoms with E-state index in [0.29, 0.717) is 5.69 Å². The minimum absolute atomic E-state index is 0.144. The molecule has 0 aliphatic carbocycles. The third-order valence-corrected chi connectivity index (χ3v) is 5.25. The summed E-state index contributed by atoms with van der Waals surface area (Å²) in [6.07, 6.45) is 0. The Labute approximate surface area is 155 Å². The summed E-state index contributed by atoms with van der Waals surface area (Å²) in [5, 5.41) is 0. The van der Waals surface area contributed by atoms with Crippen LogP contribution in [0.2, 0.25) is 0 Å². The molecule has 132 valence electrons. The smallest absolute Gasteiger partial charge is 0.146 e. The SMILES string of the molecule is CC(C)(C)c1ccc(C(=S)N2CCN(c3ccccc3F)CC2)cc1. The molecule has 3 rings (SSSR count). The van der Waals surface area contributed by atoms with Crippen LogP contribution in [-0.4, -0.2) is 36.1 Å². The summed E-state index contributed by atoms with van der Waals surface area (Å²) in [6.45, 7) is 9.82. The van der Waals surface area contributed by atoms with Crippen LogP contribution >= 0.6 is 12.2 Å². The summed E-state index contributed by atoms with van der Waals surface area (Å²) >= 11 is 5.69. The number of para-hydroxylation sites is 1. The largest absolute Gasteiger partial charge is 0.366 e. The number of halogens is 1. The highest BCUT2D eigenvalue weighted by atomic mass is 32.1. The van der Waals surface area contributed by atoms with Crippen LogP contribution < -0.4 is 4.90 Å². The quantitative estimate of drug-likeness (QED) is 0.725. The molecule has 0 atom stereocenters. The lowest BCUT2D eigenvalue weighted by atomic mass is 9.87. The van der Waals surface area contributed by atoms with Crippen LogP contribution in [0.1, 0.15) is 31.9 Å². The zero-order valence-corrected chi connectivity index (χ0v) is 15.9. The van der Waals surface area contributed by atoms with Gasteiger partial charge in [0.15, 0.2) is 0 Å². The Bertz CT molecular complexity index is 741. The standard InChI is InChI=1S/C21H25FN2S/c1-21(2,3)17-10-8-16(9-11-17)20(25)24-14-12-23(13-15-24)19-7-5-4-6-18(19)22/h4-11H,12-15H2,1-3H3. The van der Waals surface area contributed by atoms with Gasteiger partial charge in [0.25, 0.3) is 0 Å². The van der Waals surface area contributed by atoms with Crippen molar-refractivity contribution in [2.24, 2.45) is 0 Å². The predicted octanol–water partition coefficient (Wildman–Crippen LogP) is 4.62. The van der Waals surface area contributed by atoms with Crippen LogP contribution in [0.4, 0.5) is 10.1 Å². The molecular weight excluding hydrogens is 331 g/mol. The number of hydrogen-bond donors (Lipinski definition) is 0. The highest BCUT2D eigenvalue weighted by molar-refractivity contribution is 7.80. The van der Waals surface area contributed by atoms with Gasteiger partial charge in [0.2, 0.25) is 0 Å². The van der Waals surface area contributed by atoms with Gasteiger partial charge in [-0.1, -0.05) is 69.4 Å². The van der Waals surface area contributed by atoms with Crippen molar-refractivity contribution in [3.63, 3.8) is 0 Å². The fourth-order valence-corrected chi connectivity index (χ4v) is 3.47. The zero-order chi connectivity index (χ0) is 18.0. The number of benzene rings is 2. The molecule has 1 aliphatic heterocycles. The lowest BCUT2D eigenvalue weighted by molar-refractivity contribution is 0.390. The summed E-state index contributed by atoms with van der Waals surface area (Å²) in [6, 6.07) is 15.5. The van der Waals surface area contributed by atoms with E-state index in [1.165, 1.54) is 11.6 Å². The molecule has 2 aromatic carbocycles. The van der Waals surface area contributed by atoms with E-state index in [1.54, 1.807) is 6.07 Å². The van der Waals surface area contributed by atoms with E-state index < -0.39 is 0 Å². The maximum absolute atomic E-state index is 13.9. The van der Waals surface area contributed by atoms with Crippen LogP contribution in [0.25, 0.3) is 0 Å². The summed E-state index contributed by atoms with van der Waals surface area (Å²) in [5.74, 6) is -0.156. The molecule has 1 heterocycles. The molecule has 1 saturated heterocycles. The predicted molar refractivity (Wildman–Crippen MR) is 107 cm³/mol. The maximum atomic E-state index is 13.9. The van der Waals surface area contributed by atoms with Crippen LogP contribution in [0.3, 0.4) is 0 Å². The maximum Gasteiger partial charge on any atom is 0.146 e. The molecule has 1 fully saturated rings. The number of hydrogen-bond acceptors (Lipinski definition) is 2. The van der Waals surface area contributed by atoms with Crippen molar-refractivity contribution >= 4 is 22.9 Å². The van der Waals surface area contributed by atoms with Gasteiger partial charge in [-0.2, -0.15) is 0 Å². The fourth-order valence-electron chi connectivity index (χ4n) is 3.15. The normalized spacial score (nSPS) is 15.4. The molecule has 0 amide bonds. The van der Waals surface area contributed by atoms with Gasteiger partial charge in [-0.3, -0.25) is 0 Å². The van der Waals surface area contributed by atoms with Crippen molar-refractivity contribution in [1.29, 1.82) is 0 Å². The third-order valence-electron chi connectivity index (χ3n) is 4.76. The topological polar surface area (TPSA) is 6.48 Å². The number of rotatable bonds is 2. The van der Waals surface area contributed by atoms with E-state index in [1.807, 2.05) is 12.1 Å². The Morgan fingerprint density at radius 1 is 0.920 bits per heavy atom. The van der Waals surface area contributed by atoms with E-state index in [4.69, 9.17) is 12.2 Å². The molecule has 2 aromatic rings. The Kier molecular flexibility index (Phi) is 5.09. The van der Waals surface area contributed by atoms with Gasteiger partial charge in [-0.25, -0.2) is 4.39 Å². The van der Waals surface area contributed by atoms with E-state index in [0.717, 1.165) is 36.7 Å². The Morgan fingerprint density at radius 3 is 2.08 bits per heavy atom. The van der Waals surface area contributed by atoms with Gasteiger partial charge in [0.1, 0.15) is 10.8 Å². The summed E-state index contributed by atoms with van der Waals surface area (Å²) in [4.78, 5) is 5.20. The summed E-state index contributed by atoms with van der Waals surface area (Å²) < 4.78 is 13.9. The molecule has 0 N–H and O–H groups in total. The van der Waals surface area contributed by atoms with Crippen molar-refractivity contribution in [3.05, 3.63) is 65.5 Å². The summed E-state index contributed by atoms with van der Waals surface area (Å²) in [7, 11) is 0. The van der Waals surface area contributed by atoms with Gasteiger partial charge < -0.3 is 9.80 Å². The zero-order valence-electron chi connectivity index (χ0n) is 15.1. The second-order valence-corrected chi connectivity index (χ2v) is 7.94. The molecule has 0 bridgehead atoms. The number of anilines is 1. The number of piperazine rings is 1. The van der Waals surface area contributed by atoms with Crippen molar-refractivity contribution in [2.75, 3.05) is 31.1 Å². The van der Waals surface area contributed by atoms with E-state index >= 15 is 0 Å². The second kappa shape index (κ2) is 7.12. The fraction of sp³-hybridized carbons (Fsp3) is 0.381. The molecule has 4 heteroatoms. The first-order chi connectivity index (χ1) is 11.9. The minimum Gasteiger partial charge on any atom is -0.366 e. The van der Waals surface area contributed by atoms with Gasteiger partial charge in [0, 0.05) is 31.7 Å². The first kappa shape index (κ1) is 17.9. The third kappa shape index (κ3) is 4.01. The van der Waals surface area contributed by atoms with Crippen LogP contribution in [0, 0.1) is 5.82 Å². The number of nitrogens with zero attached hydrogens (tertiary/aromatic N) is 2. The Hall–Kier alpha value is -1.94. The highest BCUT2D eigenvalue weighted by Crippen LogP contribution is 2.24. The van der Waals surface area contributed by atoms with Crippen LogP contribution in [-0.2, 0) is 5.41 Å². The van der Waals surface area contributed by atoms with E-state index in [2.05, 4.69) is 54.8 Å². The highest BCUT2D eigenvalue weighted by Gasteiger charge is 2.22. The lowest BCUT2D eigenvalue weighted by Crippen LogP contribution is -2.48. The van der Waals surface area contributed by atoms with Crippen molar-refractivity contribution in [1.82, 2.24) is 4.90 Å². The van der Waals surface area contributed by atoms with Crippen molar-refractivity contribution in [3.8, 4) is 0 Å². The monoisotopic (exact) mass is 356 g/mol. The molecule has 0 aromatic heterocycles. The molecule has 1 aliphatic rings. The lowest BCUT2D eigenvalue weighted by Gasteiger charge is -2.37. The molecule has 0 spiro atoms. The number of thiocarbonyl (C=S) groups is 1. The first-order valence-corrected chi connectivity index (χ1v) is 9.16. The molecule has 0 saturated carbocycles. The second-order valence-electron chi connectivity index (χ2n) is 7.56. The molecule has 0 unspecified atom stereocenters. The first-order valence-electron chi connectivity index (χ1n) is 8.75. The van der Waals surface area contributed by atoms with Gasteiger partial charge in [0.05, 0.1) is 5.69 Å². The van der Waals surface area contributed by atoms with E-state index in [9.17, 15) is 4.39 Å². The van der Waals surface area contributed by atoms with E-state index in [-0.39, 0.29) is 11.2 Å². The van der Waals surface area contributed by atoms with Crippen LogP contribution in [0.15, 0.2) is 48.5 Å². The minimum atomic E-state index is -0.156. The Balaban J connectivity index is 1.65. The molecule has 0 radical (unpaired) electrons. The van der Waals surface area contributed by atoms with Gasteiger partial charge in [-0.15, -0.1) is 0 Å². The molecular formula is C21H25FN2S.